The molecule has 1 aromatic carbocycles. The third-order valence-corrected chi connectivity index (χ3v) is 7.19. The predicted molar refractivity (Wildman–Crippen MR) is 141 cm³/mol. The summed E-state index contributed by atoms with van der Waals surface area (Å²) in [7, 11) is 4.11. The average Bonchev–Trinajstić information content (AvgIpc) is 3.29. The van der Waals surface area contributed by atoms with Crippen molar-refractivity contribution in [2.45, 2.75) is 32.7 Å². The number of likely N-dealkylation sites (N-methyl/N-ethyl adjacent to an activating group) is 1. The van der Waals surface area contributed by atoms with Crippen LogP contribution in [0, 0.1) is 5.92 Å². The van der Waals surface area contributed by atoms with Gasteiger partial charge >= 0.3 is 11.8 Å². The molecule has 2 aromatic rings. The fourth-order valence-corrected chi connectivity index (χ4v) is 5.03. The average molecular weight is 495 g/mol. The second-order valence-electron chi connectivity index (χ2n) is 10.2. The number of anilines is 2. The number of fused-ring (bicyclic) bond motifs is 1. The first-order valence-corrected chi connectivity index (χ1v) is 12.8. The van der Waals surface area contributed by atoms with Crippen molar-refractivity contribution < 1.29 is 14.4 Å². The van der Waals surface area contributed by atoms with Crippen LogP contribution in [0.4, 0.5) is 11.4 Å². The Labute approximate surface area is 213 Å². The lowest BCUT2D eigenvalue weighted by Crippen LogP contribution is -2.49. The minimum absolute atomic E-state index is 0.0187. The second kappa shape index (κ2) is 11.3. The molecule has 0 bridgehead atoms. The molecule has 3 amide bonds. The normalized spacial score (nSPS) is 17.5. The molecular weight excluding hydrogens is 456 g/mol. The monoisotopic (exact) mass is 494 g/mol. The highest BCUT2D eigenvalue weighted by molar-refractivity contribution is 6.39. The number of amides is 3. The van der Waals surface area contributed by atoms with E-state index in [0.29, 0.717) is 18.8 Å². The topological polar surface area (TPSA) is 89.9 Å². The van der Waals surface area contributed by atoms with Crippen LogP contribution in [0.15, 0.2) is 36.5 Å². The largest absolute Gasteiger partial charge is 0.353 e. The van der Waals surface area contributed by atoms with E-state index < -0.39 is 11.8 Å². The van der Waals surface area contributed by atoms with E-state index in [9.17, 15) is 14.4 Å². The van der Waals surface area contributed by atoms with Gasteiger partial charge in [-0.25, -0.2) is 0 Å². The van der Waals surface area contributed by atoms with Gasteiger partial charge in [0.15, 0.2) is 0 Å². The Kier molecular flexibility index (Phi) is 8.11. The molecule has 1 unspecified atom stereocenters. The van der Waals surface area contributed by atoms with Crippen molar-refractivity contribution in [3.05, 3.63) is 47.8 Å². The number of aryl methyl sites for hydroxylation is 2. The molecule has 1 atom stereocenters. The molecule has 3 heterocycles. The molecule has 1 aromatic heterocycles. The third-order valence-electron chi connectivity index (χ3n) is 7.19. The number of nitrogens with zero attached hydrogens (tertiary/aromatic N) is 4. The molecule has 0 radical (unpaired) electrons. The number of carbonyl (C=O) groups excluding carboxylic acids is 3. The summed E-state index contributed by atoms with van der Waals surface area (Å²) in [4.78, 5) is 44.7. The van der Waals surface area contributed by atoms with Crippen LogP contribution in [0.2, 0.25) is 0 Å². The molecular formula is C27H38N6O3. The van der Waals surface area contributed by atoms with E-state index in [0.717, 1.165) is 56.0 Å². The molecule has 0 aliphatic carbocycles. The zero-order chi connectivity index (χ0) is 25.8. The standard InChI is InChI=1S/C27H38N6O3/c1-19(2)27(36)33-12-5-7-20-9-10-21(17-23(20)33)29-26(35)25(34)28-18-24(22-8-6-11-31(22)4)32-15-13-30(3)14-16-32/h6,8-11,17,19,24H,5,7,12-16,18H2,1-4H3,(H,28,34)(H,29,35). The first-order valence-electron chi connectivity index (χ1n) is 12.8. The van der Waals surface area contributed by atoms with Gasteiger partial charge in [-0.1, -0.05) is 19.9 Å². The zero-order valence-electron chi connectivity index (χ0n) is 21.8. The SMILES string of the molecule is CC(C)C(=O)N1CCCc2ccc(NC(=O)C(=O)NCC(c3cccn3C)N3CCN(C)CC3)cc21. The maximum absolute atomic E-state index is 12.8. The van der Waals surface area contributed by atoms with E-state index in [-0.39, 0.29) is 17.9 Å². The fourth-order valence-electron chi connectivity index (χ4n) is 5.03. The maximum atomic E-state index is 12.8. The Morgan fingerprint density at radius 3 is 2.39 bits per heavy atom. The summed E-state index contributed by atoms with van der Waals surface area (Å²) in [5, 5.41) is 5.57. The van der Waals surface area contributed by atoms with Crippen LogP contribution in [0.5, 0.6) is 0 Å². The molecule has 0 saturated carbocycles. The number of aromatic nitrogens is 1. The van der Waals surface area contributed by atoms with Crippen LogP contribution in [0.25, 0.3) is 0 Å². The minimum Gasteiger partial charge on any atom is -0.353 e. The lowest BCUT2D eigenvalue weighted by molar-refractivity contribution is -0.136. The molecule has 4 rings (SSSR count). The van der Waals surface area contributed by atoms with Crippen molar-refractivity contribution >= 4 is 29.1 Å². The van der Waals surface area contributed by atoms with E-state index in [1.807, 2.05) is 39.2 Å². The van der Waals surface area contributed by atoms with Gasteiger partial charge in [-0.3, -0.25) is 19.3 Å². The van der Waals surface area contributed by atoms with Gasteiger partial charge in [-0.05, 0) is 49.7 Å². The van der Waals surface area contributed by atoms with E-state index in [1.165, 1.54) is 0 Å². The van der Waals surface area contributed by atoms with Crippen molar-refractivity contribution in [2.75, 3.05) is 56.5 Å². The molecule has 2 N–H and O–H groups in total. The maximum Gasteiger partial charge on any atom is 0.313 e. The van der Waals surface area contributed by atoms with Crippen LogP contribution in [-0.4, -0.2) is 78.4 Å². The van der Waals surface area contributed by atoms with E-state index in [1.54, 1.807) is 17.0 Å². The molecule has 1 saturated heterocycles. The Hall–Kier alpha value is -3.17. The number of piperazine rings is 1. The molecule has 9 nitrogen and oxygen atoms in total. The van der Waals surface area contributed by atoms with Gasteiger partial charge in [0.25, 0.3) is 0 Å². The predicted octanol–water partition coefficient (Wildman–Crippen LogP) is 2.00. The van der Waals surface area contributed by atoms with Crippen molar-refractivity contribution in [3.8, 4) is 0 Å². The molecule has 9 heteroatoms. The molecule has 2 aliphatic rings. The number of nitrogens with one attached hydrogen (secondary N) is 2. The van der Waals surface area contributed by atoms with E-state index in [4.69, 9.17) is 0 Å². The summed E-state index contributed by atoms with van der Waals surface area (Å²) in [6.45, 7) is 8.50. The Bertz CT molecular complexity index is 1100. The summed E-state index contributed by atoms with van der Waals surface area (Å²) in [6.07, 6.45) is 3.80. The number of carbonyl (C=O) groups is 3. The van der Waals surface area contributed by atoms with Crippen molar-refractivity contribution in [1.29, 1.82) is 0 Å². The zero-order valence-corrected chi connectivity index (χ0v) is 21.8. The molecule has 36 heavy (non-hydrogen) atoms. The Balaban J connectivity index is 1.41. The molecule has 1 fully saturated rings. The molecule has 194 valence electrons. The van der Waals surface area contributed by atoms with Gasteiger partial charge in [0.2, 0.25) is 5.91 Å². The van der Waals surface area contributed by atoms with Crippen LogP contribution in [0.1, 0.15) is 37.6 Å². The van der Waals surface area contributed by atoms with Crippen molar-refractivity contribution in [3.63, 3.8) is 0 Å². The number of rotatable bonds is 6. The van der Waals surface area contributed by atoms with Crippen LogP contribution in [0.3, 0.4) is 0 Å². The van der Waals surface area contributed by atoms with Crippen LogP contribution in [-0.2, 0) is 27.9 Å². The van der Waals surface area contributed by atoms with Gasteiger partial charge in [0, 0.05) is 75.5 Å². The summed E-state index contributed by atoms with van der Waals surface area (Å²) in [5.74, 6) is -1.43. The number of hydrogen-bond acceptors (Lipinski definition) is 5. The van der Waals surface area contributed by atoms with E-state index in [2.05, 4.69) is 38.1 Å². The number of hydrogen-bond donors (Lipinski definition) is 2. The summed E-state index contributed by atoms with van der Waals surface area (Å²) in [6, 6.07) is 9.57. The van der Waals surface area contributed by atoms with Crippen LogP contribution >= 0.6 is 0 Å². The third kappa shape index (κ3) is 5.79. The fraction of sp³-hybridized carbons (Fsp3) is 0.519. The smallest absolute Gasteiger partial charge is 0.313 e. The highest BCUT2D eigenvalue weighted by Gasteiger charge is 2.28. The van der Waals surface area contributed by atoms with Gasteiger partial charge in [0.1, 0.15) is 0 Å². The van der Waals surface area contributed by atoms with E-state index >= 15 is 0 Å². The van der Waals surface area contributed by atoms with Gasteiger partial charge < -0.3 is 25.0 Å². The molecule has 2 aliphatic heterocycles. The first kappa shape index (κ1) is 25.9. The Morgan fingerprint density at radius 2 is 1.72 bits per heavy atom. The van der Waals surface area contributed by atoms with Crippen LogP contribution < -0.4 is 15.5 Å². The highest BCUT2D eigenvalue weighted by Crippen LogP contribution is 2.31. The Morgan fingerprint density at radius 1 is 0.972 bits per heavy atom. The minimum atomic E-state index is -0.712. The van der Waals surface area contributed by atoms with Crippen molar-refractivity contribution in [2.24, 2.45) is 13.0 Å². The van der Waals surface area contributed by atoms with Gasteiger partial charge in [-0.15, -0.1) is 0 Å². The summed E-state index contributed by atoms with van der Waals surface area (Å²) < 4.78 is 2.06. The summed E-state index contributed by atoms with van der Waals surface area (Å²) >= 11 is 0. The van der Waals surface area contributed by atoms with Crippen molar-refractivity contribution in [1.82, 2.24) is 19.7 Å². The van der Waals surface area contributed by atoms with Gasteiger partial charge in [-0.2, -0.15) is 0 Å². The molecule has 0 spiro atoms. The number of benzene rings is 1. The second-order valence-corrected chi connectivity index (χ2v) is 10.2. The summed E-state index contributed by atoms with van der Waals surface area (Å²) in [5.41, 5.74) is 3.51. The lowest BCUT2D eigenvalue weighted by Gasteiger charge is -2.38. The quantitative estimate of drug-likeness (QED) is 0.600. The van der Waals surface area contributed by atoms with Gasteiger partial charge in [0.05, 0.1) is 6.04 Å². The highest BCUT2D eigenvalue weighted by atomic mass is 16.2. The first-order chi connectivity index (χ1) is 17.2. The lowest BCUT2D eigenvalue weighted by atomic mass is 9.99.